The third-order valence-corrected chi connectivity index (χ3v) is 10.1. The van der Waals surface area contributed by atoms with Crippen molar-refractivity contribution in [2.24, 2.45) is 5.92 Å². The van der Waals surface area contributed by atoms with Gasteiger partial charge in [0.05, 0.1) is 24.9 Å². The van der Waals surface area contributed by atoms with Gasteiger partial charge in [0.25, 0.3) is 5.91 Å². The molecule has 44 heavy (non-hydrogen) atoms. The van der Waals surface area contributed by atoms with Gasteiger partial charge in [-0.1, -0.05) is 24.3 Å². The Bertz CT molecular complexity index is 1540. The summed E-state index contributed by atoms with van der Waals surface area (Å²) < 4.78 is 46.8. The van der Waals surface area contributed by atoms with Crippen molar-refractivity contribution in [3.05, 3.63) is 60.0 Å². The van der Waals surface area contributed by atoms with Gasteiger partial charge < -0.3 is 20.3 Å². The quantitative estimate of drug-likeness (QED) is 0.249. The largest absolute Gasteiger partial charge is 0.444 e. The number of fused-ring (bicyclic) bond motifs is 1. The molecule has 15 heteroatoms. The van der Waals surface area contributed by atoms with Gasteiger partial charge in [-0.25, -0.2) is 17.6 Å². The minimum atomic E-state index is -3.89. The summed E-state index contributed by atoms with van der Waals surface area (Å²) in [5.74, 6) is -3.78. The predicted molar refractivity (Wildman–Crippen MR) is 153 cm³/mol. The minimum Gasteiger partial charge on any atom is -0.444 e. The zero-order valence-corrected chi connectivity index (χ0v) is 24.9. The maximum absolute atomic E-state index is 14.2. The number of allylic oxidation sites excluding steroid dienone is 1. The van der Waals surface area contributed by atoms with E-state index in [9.17, 15) is 36.8 Å². The fourth-order valence-corrected chi connectivity index (χ4v) is 6.99. The van der Waals surface area contributed by atoms with Crippen LogP contribution < -0.4 is 15.4 Å². The summed E-state index contributed by atoms with van der Waals surface area (Å²) in [5.41, 5.74) is -0.543. The maximum atomic E-state index is 14.2. The molecule has 5 rings (SSSR count). The van der Waals surface area contributed by atoms with Gasteiger partial charge in [-0.15, -0.1) is 6.58 Å². The molecule has 0 bridgehead atoms. The Balaban J connectivity index is 1.29. The van der Waals surface area contributed by atoms with Crippen molar-refractivity contribution in [1.82, 2.24) is 25.2 Å². The van der Waals surface area contributed by atoms with Crippen LogP contribution in [0.25, 0.3) is 0 Å². The normalized spacial score (nSPS) is 25.7. The monoisotopic (exact) mass is 631 g/mol. The van der Waals surface area contributed by atoms with E-state index in [1.807, 2.05) is 0 Å². The van der Waals surface area contributed by atoms with Crippen LogP contribution in [0.5, 0.6) is 0 Å². The smallest absolute Gasteiger partial charge is 0.410 e. The molecule has 2 aliphatic carbocycles. The molecule has 5 amide bonds. The van der Waals surface area contributed by atoms with Crippen LogP contribution in [0.2, 0.25) is 0 Å². The van der Waals surface area contributed by atoms with Gasteiger partial charge in [0.15, 0.2) is 0 Å². The molecule has 0 aromatic heterocycles. The molecular weight excluding hydrogens is 597 g/mol. The molecule has 4 atom stereocenters. The van der Waals surface area contributed by atoms with Crippen LogP contribution in [0, 0.1) is 11.7 Å². The fourth-order valence-electron chi connectivity index (χ4n) is 5.63. The van der Waals surface area contributed by atoms with Crippen LogP contribution in [-0.4, -0.2) is 84.0 Å². The number of rotatable bonds is 10. The molecule has 0 unspecified atom stereocenters. The highest BCUT2D eigenvalue weighted by Gasteiger charge is 2.62. The summed E-state index contributed by atoms with van der Waals surface area (Å²) in [7, 11) is -3.89. The van der Waals surface area contributed by atoms with E-state index in [-0.39, 0.29) is 32.5 Å². The van der Waals surface area contributed by atoms with Crippen LogP contribution in [0.15, 0.2) is 43.0 Å². The van der Waals surface area contributed by atoms with Gasteiger partial charge in [-0.05, 0) is 43.9 Å². The van der Waals surface area contributed by atoms with Crippen LogP contribution in [0.3, 0.4) is 0 Å². The van der Waals surface area contributed by atoms with Crippen molar-refractivity contribution in [3.8, 4) is 0 Å². The van der Waals surface area contributed by atoms with E-state index in [2.05, 4.69) is 21.9 Å². The van der Waals surface area contributed by atoms with Gasteiger partial charge >= 0.3 is 6.09 Å². The number of carbonyl (C=O) groups excluding carboxylic acids is 5. The summed E-state index contributed by atoms with van der Waals surface area (Å²) in [6, 6.07) is 3.35. The zero-order chi connectivity index (χ0) is 31.8. The van der Waals surface area contributed by atoms with Gasteiger partial charge in [0.1, 0.15) is 23.5 Å². The number of likely N-dealkylation sites (tertiary alicyclic amines) is 1. The van der Waals surface area contributed by atoms with Crippen molar-refractivity contribution < 1.29 is 41.5 Å². The molecule has 2 heterocycles. The van der Waals surface area contributed by atoms with Crippen LogP contribution >= 0.6 is 0 Å². The molecule has 1 aromatic rings. The van der Waals surface area contributed by atoms with Crippen molar-refractivity contribution in [2.45, 2.75) is 68.6 Å². The number of nitrogens with one attached hydrogen (secondary N) is 3. The Morgan fingerprint density at radius 1 is 1.18 bits per heavy atom. The van der Waals surface area contributed by atoms with Crippen molar-refractivity contribution in [1.29, 1.82) is 0 Å². The maximum Gasteiger partial charge on any atom is 0.410 e. The predicted octanol–water partition coefficient (Wildman–Crippen LogP) is 0.609. The van der Waals surface area contributed by atoms with E-state index in [4.69, 9.17) is 4.74 Å². The summed E-state index contributed by atoms with van der Waals surface area (Å²) in [6.07, 6.45) is 3.33. The number of amides is 5. The Morgan fingerprint density at radius 3 is 2.57 bits per heavy atom. The summed E-state index contributed by atoms with van der Waals surface area (Å²) >= 11 is 0. The topological polar surface area (TPSA) is 171 Å². The molecule has 3 fully saturated rings. The molecule has 3 N–H and O–H groups in total. The molecule has 1 aromatic carbocycles. The first kappa shape index (κ1) is 31.2. The highest BCUT2D eigenvalue weighted by Crippen LogP contribution is 2.45. The van der Waals surface area contributed by atoms with Crippen LogP contribution in [0.4, 0.5) is 9.18 Å². The fraction of sp³-hybridized carbons (Fsp3) is 0.483. The number of carbonyl (C=O) groups is 5. The average molecular weight is 632 g/mol. The number of halogens is 1. The molecule has 1 saturated heterocycles. The first-order valence-corrected chi connectivity index (χ1v) is 15.9. The lowest BCUT2D eigenvalue weighted by Gasteiger charge is -2.26. The van der Waals surface area contributed by atoms with Crippen molar-refractivity contribution >= 4 is 39.7 Å². The average Bonchev–Trinajstić information content (AvgIpc) is 3.86. The number of ether oxygens (including phenoxy) is 1. The molecular formula is C29H34FN5O8S. The number of nitrogens with zero attached hydrogens (tertiary/aromatic N) is 2. The molecule has 2 aliphatic heterocycles. The first-order valence-electron chi connectivity index (χ1n) is 14.3. The molecule has 4 aliphatic rings. The third kappa shape index (κ3) is 6.32. The summed E-state index contributed by atoms with van der Waals surface area (Å²) in [6.45, 7) is 4.80. The van der Waals surface area contributed by atoms with E-state index in [1.165, 1.54) is 29.2 Å². The second-order valence-electron chi connectivity index (χ2n) is 11.4. The highest BCUT2D eigenvalue weighted by atomic mass is 32.2. The van der Waals surface area contributed by atoms with E-state index in [0.717, 1.165) is 4.90 Å². The van der Waals surface area contributed by atoms with Crippen LogP contribution in [0.1, 0.15) is 43.7 Å². The Labute approximate surface area is 253 Å². The van der Waals surface area contributed by atoms with E-state index >= 15 is 0 Å². The lowest BCUT2D eigenvalue weighted by molar-refractivity contribution is -0.139. The zero-order valence-electron chi connectivity index (χ0n) is 24.1. The minimum absolute atomic E-state index is 0.00142. The third-order valence-electron chi connectivity index (χ3n) is 8.32. The second kappa shape index (κ2) is 12.0. The summed E-state index contributed by atoms with van der Waals surface area (Å²) in [4.78, 5) is 67.4. The van der Waals surface area contributed by atoms with Gasteiger partial charge in [-0.3, -0.25) is 28.8 Å². The number of hydrogen-bond acceptors (Lipinski definition) is 8. The van der Waals surface area contributed by atoms with Crippen LogP contribution in [-0.2, 0) is 47.0 Å². The summed E-state index contributed by atoms with van der Waals surface area (Å²) in [5, 5.41) is 4.41. The Kier molecular flexibility index (Phi) is 8.51. The SMILES string of the molecule is C=C[C@@H]1C[C@]1(NC(=O)[C@@H]1C[C@@H](OC(=O)N2Cc3cccc(F)c3C2)CN1C(=O)CNC(=O)C=CC)C(=O)NS(=O)(=O)C1CC1. The standard InChI is InChI=1S/C29H34FN5O8S/c1-3-6-24(36)31-13-25(37)35-15-19(43-28(40)34-14-17-7-5-8-22(30)21(17)16-34)11-23(35)26(38)32-29(12-18(29)4-2)27(39)33-44(41,42)20-9-10-20/h3-8,18-20,23H,2,9-16H2,1H3,(H,31,36)(H,32,38)(H,33,39)/t18-,19-,23+,29-/m1/s1. The number of benzene rings is 1. The molecule has 2 saturated carbocycles. The molecule has 236 valence electrons. The van der Waals surface area contributed by atoms with E-state index in [1.54, 1.807) is 19.1 Å². The van der Waals surface area contributed by atoms with Gasteiger partial charge in [0, 0.05) is 24.4 Å². The van der Waals surface area contributed by atoms with E-state index < -0.39 is 81.0 Å². The number of sulfonamides is 1. The lowest BCUT2D eigenvalue weighted by Crippen LogP contribution is -2.57. The van der Waals surface area contributed by atoms with E-state index in [0.29, 0.717) is 24.0 Å². The molecule has 0 spiro atoms. The second-order valence-corrected chi connectivity index (χ2v) is 13.4. The Morgan fingerprint density at radius 2 is 1.93 bits per heavy atom. The molecule has 13 nitrogen and oxygen atoms in total. The lowest BCUT2D eigenvalue weighted by atomic mass is 10.1. The first-order chi connectivity index (χ1) is 20.9. The molecule has 0 radical (unpaired) electrons. The van der Waals surface area contributed by atoms with Gasteiger partial charge in [-0.2, -0.15) is 0 Å². The van der Waals surface area contributed by atoms with Crippen molar-refractivity contribution in [3.63, 3.8) is 0 Å². The van der Waals surface area contributed by atoms with Crippen molar-refractivity contribution in [2.75, 3.05) is 13.1 Å². The highest BCUT2D eigenvalue weighted by molar-refractivity contribution is 7.91. The Hall–Kier alpha value is -4.27. The van der Waals surface area contributed by atoms with Gasteiger partial charge in [0.2, 0.25) is 27.7 Å². The number of hydrogen-bond donors (Lipinski definition) is 3.